The van der Waals surface area contributed by atoms with Gasteiger partial charge in [-0.3, -0.25) is 0 Å². The second kappa shape index (κ2) is 10.3. The molecule has 3 rings (SSSR count). The molecular weight excluding hydrogens is 352 g/mol. The molecule has 0 spiro atoms. The van der Waals surface area contributed by atoms with Crippen molar-refractivity contribution in [2.24, 2.45) is 0 Å². The van der Waals surface area contributed by atoms with E-state index in [-0.39, 0.29) is 0 Å². The van der Waals surface area contributed by atoms with Gasteiger partial charge in [-0.05, 0) is 94.7 Å². The van der Waals surface area contributed by atoms with Gasteiger partial charge in [-0.15, -0.1) is 0 Å². The second-order valence-corrected chi connectivity index (χ2v) is 9.19. The van der Waals surface area contributed by atoms with Gasteiger partial charge in [-0.25, -0.2) is 0 Å². The van der Waals surface area contributed by atoms with Gasteiger partial charge in [0.05, 0.1) is 0 Å². The lowest BCUT2D eigenvalue weighted by atomic mass is 9.89. The van der Waals surface area contributed by atoms with Crippen LogP contribution < -0.4 is 10.6 Å². The molecule has 2 N–H and O–H groups in total. The Morgan fingerprint density at radius 1 is 1.14 bits per heavy atom. The first-order valence-electron chi connectivity index (χ1n) is 11.6. The van der Waals surface area contributed by atoms with Crippen molar-refractivity contribution >= 4 is 11.3 Å². The molecule has 0 amide bonds. The molecule has 2 nitrogen and oxygen atoms in total. The SMILES string of the molecule is CCc1c(C/C(C)=C(\C)C=C(C)C)cc(C2=CCNCC2)cc1NC1CCCC1. The van der Waals surface area contributed by atoms with Crippen LogP contribution in [-0.2, 0) is 12.8 Å². The normalized spacial score (nSPS) is 18.3. The fourth-order valence-corrected chi connectivity index (χ4v) is 4.78. The summed E-state index contributed by atoms with van der Waals surface area (Å²) in [6.45, 7) is 13.3. The average molecular weight is 393 g/mol. The molecule has 158 valence electrons. The summed E-state index contributed by atoms with van der Waals surface area (Å²) in [6, 6.07) is 5.57. The Bertz CT molecular complexity index is 800. The molecule has 1 fully saturated rings. The molecule has 1 aliphatic heterocycles. The van der Waals surface area contributed by atoms with Crippen molar-refractivity contribution in [1.29, 1.82) is 0 Å². The lowest BCUT2D eigenvalue weighted by Crippen LogP contribution is -2.20. The topological polar surface area (TPSA) is 24.1 Å². The summed E-state index contributed by atoms with van der Waals surface area (Å²) in [4.78, 5) is 0. The first-order chi connectivity index (χ1) is 14.0. The Labute approximate surface area is 178 Å². The Morgan fingerprint density at radius 2 is 1.90 bits per heavy atom. The van der Waals surface area contributed by atoms with E-state index in [1.165, 1.54) is 70.4 Å². The third-order valence-corrected chi connectivity index (χ3v) is 6.48. The molecule has 1 aromatic carbocycles. The molecule has 1 heterocycles. The highest BCUT2D eigenvalue weighted by Gasteiger charge is 2.19. The fraction of sp³-hybridized carbons (Fsp3) is 0.556. The number of hydrogen-bond acceptors (Lipinski definition) is 2. The van der Waals surface area contributed by atoms with E-state index >= 15 is 0 Å². The summed E-state index contributed by atoms with van der Waals surface area (Å²) in [5.74, 6) is 0. The number of benzene rings is 1. The van der Waals surface area contributed by atoms with Crippen molar-refractivity contribution in [3.63, 3.8) is 0 Å². The maximum atomic E-state index is 3.94. The zero-order chi connectivity index (χ0) is 20.8. The first-order valence-corrected chi connectivity index (χ1v) is 11.6. The van der Waals surface area contributed by atoms with Gasteiger partial charge in [0.25, 0.3) is 0 Å². The van der Waals surface area contributed by atoms with Crippen LogP contribution in [0.1, 0.15) is 83.4 Å². The number of anilines is 1. The van der Waals surface area contributed by atoms with Crippen LogP contribution in [0.15, 0.2) is 41.0 Å². The van der Waals surface area contributed by atoms with Gasteiger partial charge >= 0.3 is 0 Å². The fourth-order valence-electron chi connectivity index (χ4n) is 4.78. The number of rotatable bonds is 7. The zero-order valence-electron chi connectivity index (χ0n) is 19.3. The summed E-state index contributed by atoms with van der Waals surface area (Å²) in [6.07, 6.45) is 13.3. The van der Waals surface area contributed by atoms with Crippen LogP contribution in [0.5, 0.6) is 0 Å². The summed E-state index contributed by atoms with van der Waals surface area (Å²) in [5, 5.41) is 7.40. The Balaban J connectivity index is 2.01. The van der Waals surface area contributed by atoms with Gasteiger partial charge in [0, 0.05) is 18.3 Å². The third-order valence-electron chi connectivity index (χ3n) is 6.48. The van der Waals surface area contributed by atoms with E-state index in [0.717, 1.165) is 32.4 Å². The van der Waals surface area contributed by atoms with Crippen molar-refractivity contribution < 1.29 is 0 Å². The van der Waals surface area contributed by atoms with Crippen LogP contribution in [0.4, 0.5) is 5.69 Å². The monoisotopic (exact) mass is 392 g/mol. The van der Waals surface area contributed by atoms with Crippen LogP contribution in [0.3, 0.4) is 0 Å². The number of hydrogen-bond donors (Lipinski definition) is 2. The van der Waals surface area contributed by atoms with E-state index in [9.17, 15) is 0 Å². The van der Waals surface area contributed by atoms with Gasteiger partial charge in [-0.1, -0.05) is 54.7 Å². The standard InChI is InChI=1S/C27H40N2/c1-6-26-24(16-21(5)20(4)15-19(2)3)17-23(22-11-13-28-14-12-22)18-27(26)29-25-9-7-8-10-25/h11,15,17-18,25,28-29H,6-10,12-14,16H2,1-5H3/b21-20+. The molecule has 0 saturated heterocycles. The van der Waals surface area contributed by atoms with Crippen LogP contribution in [0.25, 0.3) is 5.57 Å². The molecule has 0 unspecified atom stereocenters. The van der Waals surface area contributed by atoms with Crippen LogP contribution in [0, 0.1) is 0 Å². The van der Waals surface area contributed by atoms with Gasteiger partial charge in [0.1, 0.15) is 0 Å². The highest BCUT2D eigenvalue weighted by Crippen LogP contribution is 2.33. The smallest absolute Gasteiger partial charge is 0.0383 e. The molecule has 1 saturated carbocycles. The Morgan fingerprint density at radius 3 is 2.52 bits per heavy atom. The molecule has 2 heteroatoms. The molecular formula is C27H40N2. The van der Waals surface area contributed by atoms with Crippen LogP contribution in [0.2, 0.25) is 0 Å². The van der Waals surface area contributed by atoms with E-state index in [1.54, 1.807) is 0 Å². The van der Waals surface area contributed by atoms with E-state index in [4.69, 9.17) is 0 Å². The minimum absolute atomic E-state index is 0.648. The van der Waals surface area contributed by atoms with Crippen molar-refractivity contribution in [1.82, 2.24) is 5.32 Å². The van der Waals surface area contributed by atoms with Crippen LogP contribution >= 0.6 is 0 Å². The lowest BCUT2D eigenvalue weighted by molar-refractivity contribution is 0.738. The Kier molecular flexibility index (Phi) is 7.77. The minimum Gasteiger partial charge on any atom is -0.382 e. The molecule has 0 radical (unpaired) electrons. The van der Waals surface area contributed by atoms with Crippen LogP contribution in [-0.4, -0.2) is 19.1 Å². The van der Waals surface area contributed by atoms with E-state index in [1.807, 2.05) is 0 Å². The van der Waals surface area contributed by atoms with E-state index in [2.05, 4.69) is 69.5 Å². The first kappa shape index (κ1) is 21.9. The molecule has 2 aliphatic rings. The minimum atomic E-state index is 0.648. The zero-order valence-corrected chi connectivity index (χ0v) is 19.3. The average Bonchev–Trinajstić information content (AvgIpc) is 3.21. The van der Waals surface area contributed by atoms with Gasteiger partial charge in [0.15, 0.2) is 0 Å². The molecule has 29 heavy (non-hydrogen) atoms. The number of nitrogens with one attached hydrogen (secondary N) is 2. The highest BCUT2D eigenvalue weighted by atomic mass is 14.9. The largest absolute Gasteiger partial charge is 0.382 e. The molecule has 0 atom stereocenters. The Hall–Kier alpha value is -1.80. The van der Waals surface area contributed by atoms with Gasteiger partial charge in [-0.2, -0.15) is 0 Å². The van der Waals surface area contributed by atoms with Gasteiger partial charge in [0.2, 0.25) is 0 Å². The van der Waals surface area contributed by atoms with Crippen molar-refractivity contribution in [2.75, 3.05) is 18.4 Å². The second-order valence-electron chi connectivity index (χ2n) is 9.19. The predicted molar refractivity (Wildman–Crippen MR) is 129 cm³/mol. The van der Waals surface area contributed by atoms with Crippen molar-refractivity contribution in [3.8, 4) is 0 Å². The lowest BCUT2D eigenvalue weighted by Gasteiger charge is -2.23. The van der Waals surface area contributed by atoms with Crippen molar-refractivity contribution in [2.45, 2.75) is 85.6 Å². The summed E-state index contributed by atoms with van der Waals surface area (Å²) in [7, 11) is 0. The molecule has 0 aromatic heterocycles. The maximum Gasteiger partial charge on any atom is 0.0383 e. The molecule has 1 aromatic rings. The molecule has 0 bridgehead atoms. The summed E-state index contributed by atoms with van der Waals surface area (Å²) in [5.41, 5.74) is 11.6. The van der Waals surface area contributed by atoms with E-state index in [0.29, 0.717) is 6.04 Å². The van der Waals surface area contributed by atoms with Gasteiger partial charge < -0.3 is 10.6 Å². The summed E-state index contributed by atoms with van der Waals surface area (Å²) < 4.78 is 0. The highest BCUT2D eigenvalue weighted by molar-refractivity contribution is 5.73. The quantitative estimate of drug-likeness (QED) is 0.497. The van der Waals surface area contributed by atoms with E-state index < -0.39 is 0 Å². The third kappa shape index (κ3) is 5.85. The number of allylic oxidation sites excluding steroid dienone is 4. The maximum absolute atomic E-state index is 3.94. The predicted octanol–water partition coefficient (Wildman–Crippen LogP) is 6.83. The molecule has 1 aliphatic carbocycles. The van der Waals surface area contributed by atoms with Crippen molar-refractivity contribution in [3.05, 3.63) is 57.7 Å². The summed E-state index contributed by atoms with van der Waals surface area (Å²) >= 11 is 0.